The number of nitrogens with zero attached hydrogens (tertiary/aromatic N) is 2. The lowest BCUT2D eigenvalue weighted by molar-refractivity contribution is -0.192. The van der Waals surface area contributed by atoms with Crippen molar-refractivity contribution in [2.75, 3.05) is 25.0 Å². The highest BCUT2D eigenvalue weighted by atomic mass is 19.4. The van der Waals surface area contributed by atoms with Crippen molar-refractivity contribution in [3.63, 3.8) is 0 Å². The van der Waals surface area contributed by atoms with Gasteiger partial charge in [-0.05, 0) is 56.1 Å². The molecule has 0 atom stereocenters. The second-order valence-electron chi connectivity index (χ2n) is 6.14. The molecule has 0 saturated carbocycles. The molecule has 2 aliphatic heterocycles. The third kappa shape index (κ3) is 5.59. The van der Waals surface area contributed by atoms with Crippen molar-refractivity contribution in [3.8, 4) is 6.07 Å². The number of hydrogen-bond acceptors (Lipinski definition) is 4. The van der Waals surface area contributed by atoms with Crippen LogP contribution in [0.1, 0.15) is 24.0 Å². The van der Waals surface area contributed by atoms with Gasteiger partial charge >= 0.3 is 18.2 Å². The quantitative estimate of drug-likeness (QED) is 0.689. The molecule has 3 rings (SSSR count). The Morgan fingerprint density at radius 3 is 2.48 bits per heavy atom. The monoisotopic (exact) mass is 384 g/mol. The molecule has 0 aromatic heterocycles. The highest BCUT2D eigenvalue weighted by Gasteiger charge is 2.38. The molecule has 1 saturated heterocycles. The molecule has 2 aliphatic rings. The van der Waals surface area contributed by atoms with Crippen molar-refractivity contribution in [2.24, 2.45) is 0 Å². The van der Waals surface area contributed by atoms with Crippen LogP contribution in [0, 0.1) is 11.3 Å². The van der Waals surface area contributed by atoms with Gasteiger partial charge in [-0.1, -0.05) is 0 Å². The van der Waals surface area contributed by atoms with E-state index in [1.54, 1.807) is 6.07 Å². The van der Waals surface area contributed by atoms with E-state index >= 15 is 0 Å². The van der Waals surface area contributed by atoms with Crippen LogP contribution in [0.5, 0.6) is 0 Å². The number of carbonyl (C=O) groups excluding carboxylic acids is 1. The average Bonchev–Trinajstić information content (AvgIpc) is 2.79. The molecule has 2 amide bonds. The molecule has 0 unspecified atom stereocenters. The fourth-order valence-corrected chi connectivity index (χ4v) is 2.99. The van der Waals surface area contributed by atoms with Gasteiger partial charge in [-0.2, -0.15) is 18.4 Å². The number of nitrogens with one attached hydrogen (secondary N) is 2. The first kappa shape index (κ1) is 20.5. The van der Waals surface area contributed by atoms with E-state index in [4.69, 9.17) is 15.2 Å². The Balaban J connectivity index is 0.000000321. The van der Waals surface area contributed by atoms with E-state index in [-0.39, 0.29) is 6.03 Å². The number of halogens is 3. The summed E-state index contributed by atoms with van der Waals surface area (Å²) in [6, 6.07) is 7.91. The van der Waals surface area contributed by atoms with Crippen LogP contribution >= 0.6 is 0 Å². The summed E-state index contributed by atoms with van der Waals surface area (Å²) in [4.78, 5) is 23.2. The average molecular weight is 384 g/mol. The Bertz CT molecular complexity index is 740. The summed E-state index contributed by atoms with van der Waals surface area (Å²) < 4.78 is 31.7. The third-order valence-corrected chi connectivity index (χ3v) is 4.35. The number of alkyl halides is 3. The van der Waals surface area contributed by atoms with E-state index in [1.807, 2.05) is 17.0 Å². The highest BCUT2D eigenvalue weighted by molar-refractivity contribution is 5.91. The number of hydrogen-bond donors (Lipinski definition) is 3. The van der Waals surface area contributed by atoms with E-state index in [9.17, 15) is 18.0 Å². The number of urea groups is 1. The Labute approximate surface area is 153 Å². The molecule has 7 nitrogen and oxygen atoms in total. The first-order valence-corrected chi connectivity index (χ1v) is 8.34. The molecule has 2 heterocycles. The van der Waals surface area contributed by atoms with E-state index in [0.717, 1.165) is 50.1 Å². The number of piperidine rings is 1. The summed E-state index contributed by atoms with van der Waals surface area (Å²) in [5.74, 6) is -2.76. The van der Waals surface area contributed by atoms with Gasteiger partial charge in [-0.15, -0.1) is 0 Å². The van der Waals surface area contributed by atoms with Crippen LogP contribution in [0.3, 0.4) is 0 Å². The van der Waals surface area contributed by atoms with Crippen LogP contribution in [0.4, 0.5) is 23.7 Å². The maximum Gasteiger partial charge on any atom is 0.490 e. The minimum Gasteiger partial charge on any atom is -0.475 e. The minimum absolute atomic E-state index is 0.0136. The van der Waals surface area contributed by atoms with Gasteiger partial charge in [0.2, 0.25) is 0 Å². The molecule has 10 heteroatoms. The van der Waals surface area contributed by atoms with Gasteiger partial charge in [0.15, 0.2) is 0 Å². The van der Waals surface area contributed by atoms with Crippen molar-refractivity contribution in [3.05, 3.63) is 29.3 Å². The predicted octanol–water partition coefficient (Wildman–Crippen LogP) is 2.33. The molecule has 0 radical (unpaired) electrons. The summed E-state index contributed by atoms with van der Waals surface area (Å²) in [7, 11) is 0. The summed E-state index contributed by atoms with van der Waals surface area (Å²) in [6.07, 6.45) is -2.27. The number of carboxylic acid groups (broad SMARTS) is 1. The summed E-state index contributed by atoms with van der Waals surface area (Å²) in [5, 5.41) is 22.4. The largest absolute Gasteiger partial charge is 0.490 e. The SMILES string of the molecule is N#Cc1ccc2c(c1)CCN(C1CCNCC1)C(=O)N2.O=C(O)C(F)(F)F. The number of carboxylic acids is 1. The van der Waals surface area contributed by atoms with E-state index in [1.165, 1.54) is 0 Å². The predicted molar refractivity (Wildman–Crippen MR) is 90.2 cm³/mol. The number of benzene rings is 1. The van der Waals surface area contributed by atoms with Gasteiger partial charge < -0.3 is 20.6 Å². The number of anilines is 1. The van der Waals surface area contributed by atoms with Crippen LogP contribution in [-0.2, 0) is 11.2 Å². The lowest BCUT2D eigenvalue weighted by Gasteiger charge is -2.33. The van der Waals surface area contributed by atoms with E-state index in [0.29, 0.717) is 11.6 Å². The van der Waals surface area contributed by atoms with E-state index in [2.05, 4.69) is 16.7 Å². The van der Waals surface area contributed by atoms with Crippen LogP contribution in [0.2, 0.25) is 0 Å². The lowest BCUT2D eigenvalue weighted by Crippen LogP contribution is -2.47. The fourth-order valence-electron chi connectivity index (χ4n) is 2.99. The first-order valence-electron chi connectivity index (χ1n) is 8.34. The van der Waals surface area contributed by atoms with Gasteiger partial charge in [0, 0.05) is 18.3 Å². The van der Waals surface area contributed by atoms with Crippen molar-refractivity contribution < 1.29 is 27.9 Å². The number of amides is 2. The number of fused-ring (bicyclic) bond motifs is 1. The van der Waals surface area contributed by atoms with Gasteiger partial charge in [-0.25, -0.2) is 9.59 Å². The van der Waals surface area contributed by atoms with E-state index < -0.39 is 12.1 Å². The molecule has 1 fully saturated rings. The lowest BCUT2D eigenvalue weighted by atomic mass is 10.0. The zero-order valence-corrected chi connectivity index (χ0v) is 14.3. The maximum absolute atomic E-state index is 12.4. The molecular weight excluding hydrogens is 365 g/mol. The summed E-state index contributed by atoms with van der Waals surface area (Å²) in [6.45, 7) is 2.67. The first-order chi connectivity index (χ1) is 12.7. The number of rotatable bonds is 1. The van der Waals surface area contributed by atoms with Gasteiger partial charge in [0.25, 0.3) is 0 Å². The number of carbonyl (C=O) groups is 2. The zero-order chi connectivity index (χ0) is 20.0. The molecular formula is C17H19F3N4O3. The van der Waals surface area contributed by atoms with Gasteiger partial charge in [-0.3, -0.25) is 0 Å². The molecule has 1 aromatic rings. The van der Waals surface area contributed by atoms with Gasteiger partial charge in [0.1, 0.15) is 0 Å². The standard InChI is InChI=1S/C15H18N4O.C2HF3O2/c16-10-11-1-2-14-12(9-11)5-8-19(15(20)18-14)13-3-6-17-7-4-13;3-2(4,5)1(6)7/h1-2,9,13,17H,3-8H2,(H,18,20);(H,6,7). The number of nitriles is 1. The summed E-state index contributed by atoms with van der Waals surface area (Å²) in [5.41, 5.74) is 2.53. The van der Waals surface area contributed by atoms with Crippen molar-refractivity contribution in [2.45, 2.75) is 31.5 Å². The Morgan fingerprint density at radius 2 is 1.93 bits per heavy atom. The zero-order valence-electron chi connectivity index (χ0n) is 14.3. The molecule has 27 heavy (non-hydrogen) atoms. The third-order valence-electron chi connectivity index (χ3n) is 4.35. The topological polar surface area (TPSA) is 105 Å². The Kier molecular flexibility index (Phi) is 6.63. The maximum atomic E-state index is 12.4. The Morgan fingerprint density at radius 1 is 1.30 bits per heavy atom. The number of aliphatic carboxylic acids is 1. The minimum atomic E-state index is -5.08. The molecule has 0 aliphatic carbocycles. The van der Waals surface area contributed by atoms with Crippen molar-refractivity contribution >= 4 is 17.7 Å². The van der Waals surface area contributed by atoms with Crippen LogP contribution < -0.4 is 10.6 Å². The summed E-state index contributed by atoms with van der Waals surface area (Å²) >= 11 is 0. The second-order valence-corrected chi connectivity index (χ2v) is 6.14. The van der Waals surface area contributed by atoms with Gasteiger partial charge in [0.05, 0.1) is 11.6 Å². The van der Waals surface area contributed by atoms with Crippen LogP contribution in [0.25, 0.3) is 0 Å². The Hall–Kier alpha value is -2.80. The van der Waals surface area contributed by atoms with Crippen molar-refractivity contribution in [1.82, 2.24) is 10.2 Å². The molecule has 0 spiro atoms. The molecule has 146 valence electrons. The smallest absolute Gasteiger partial charge is 0.475 e. The molecule has 1 aromatic carbocycles. The molecule has 0 bridgehead atoms. The fraction of sp³-hybridized carbons (Fsp3) is 0.471. The van der Waals surface area contributed by atoms with Crippen LogP contribution in [0.15, 0.2) is 18.2 Å². The second kappa shape index (κ2) is 8.73. The normalized spacial score (nSPS) is 17.6. The van der Waals surface area contributed by atoms with Crippen molar-refractivity contribution in [1.29, 1.82) is 5.26 Å². The van der Waals surface area contributed by atoms with Crippen LogP contribution in [-0.4, -0.2) is 53.9 Å². The molecule has 3 N–H and O–H groups in total. The highest BCUT2D eigenvalue weighted by Crippen LogP contribution is 2.24.